The number of carbonyl (C=O) groups excluding carboxylic acids is 1. The number of benzene rings is 1. The topological polar surface area (TPSA) is 35.5 Å². The first-order valence-corrected chi connectivity index (χ1v) is 7.06. The molecule has 0 spiro atoms. The molecule has 0 fully saturated rings. The molecular formula is C12H16O3S2. The fourth-order valence-corrected chi connectivity index (χ4v) is 1.92. The minimum absolute atomic E-state index is 0.309. The maximum Gasteiger partial charge on any atom is 0.220 e. The monoisotopic (exact) mass is 272 g/mol. The van der Waals surface area contributed by atoms with Crippen molar-refractivity contribution in [1.82, 2.24) is 0 Å². The van der Waals surface area contributed by atoms with Crippen LogP contribution in [-0.4, -0.2) is 30.8 Å². The Labute approximate surface area is 111 Å². The predicted octanol–water partition coefficient (Wildman–Crippen LogP) is 2.90. The second-order valence-electron chi connectivity index (χ2n) is 3.36. The highest BCUT2D eigenvalue weighted by atomic mass is 32.2. The summed E-state index contributed by atoms with van der Waals surface area (Å²) in [4.78, 5) is 11.2. The van der Waals surface area contributed by atoms with Crippen molar-refractivity contribution in [1.29, 1.82) is 0 Å². The lowest BCUT2D eigenvalue weighted by Gasteiger charge is -2.09. The van der Waals surface area contributed by atoms with Crippen molar-refractivity contribution >= 4 is 29.5 Å². The van der Waals surface area contributed by atoms with Gasteiger partial charge in [-0.3, -0.25) is 4.79 Å². The number of thioether (sulfide) groups is 1. The second-order valence-corrected chi connectivity index (χ2v) is 4.75. The van der Waals surface area contributed by atoms with Gasteiger partial charge in [0.05, 0.1) is 19.3 Å². The Balaban J connectivity index is 2.66. The highest BCUT2D eigenvalue weighted by Gasteiger charge is 2.09. The molecule has 0 unspecified atom stereocenters. The Morgan fingerprint density at radius 3 is 2.82 bits per heavy atom. The summed E-state index contributed by atoms with van der Waals surface area (Å²) in [6.07, 6.45) is 3.06. The van der Waals surface area contributed by atoms with Gasteiger partial charge in [-0.05, 0) is 30.6 Å². The predicted molar refractivity (Wildman–Crippen MR) is 74.8 cm³/mol. The number of hydrogen-bond donors (Lipinski definition) is 1. The van der Waals surface area contributed by atoms with Crippen LogP contribution in [0.4, 0.5) is 0 Å². The zero-order chi connectivity index (χ0) is 12.7. The summed E-state index contributed by atoms with van der Waals surface area (Å²) < 4.78 is 10.7. The van der Waals surface area contributed by atoms with Crippen LogP contribution in [0.3, 0.4) is 0 Å². The first-order valence-electron chi connectivity index (χ1n) is 5.22. The van der Waals surface area contributed by atoms with Crippen molar-refractivity contribution in [3.05, 3.63) is 23.8 Å². The van der Waals surface area contributed by atoms with Crippen molar-refractivity contribution in [3.8, 4) is 11.5 Å². The summed E-state index contributed by atoms with van der Waals surface area (Å²) in [6, 6.07) is 5.13. The van der Waals surface area contributed by atoms with Crippen LogP contribution < -0.4 is 9.47 Å². The first-order chi connectivity index (χ1) is 8.19. The van der Waals surface area contributed by atoms with Crippen LogP contribution in [0, 0.1) is 0 Å². The Hall–Kier alpha value is -0.810. The average Bonchev–Trinajstić information content (AvgIpc) is 2.34. The molecule has 1 aromatic carbocycles. The van der Waals surface area contributed by atoms with Gasteiger partial charge in [0.1, 0.15) is 11.5 Å². The molecule has 0 saturated carbocycles. The van der Waals surface area contributed by atoms with Crippen LogP contribution >= 0.6 is 24.4 Å². The fraction of sp³-hybridized carbons (Fsp3) is 0.417. The third-order valence-electron chi connectivity index (χ3n) is 2.16. The molecule has 0 aliphatic rings. The van der Waals surface area contributed by atoms with Crippen LogP contribution in [-0.2, 0) is 0 Å². The van der Waals surface area contributed by atoms with E-state index in [2.05, 4.69) is 18.9 Å². The smallest absolute Gasteiger partial charge is 0.220 e. The molecule has 0 aromatic heterocycles. The minimum atomic E-state index is -0.309. The summed E-state index contributed by atoms with van der Waals surface area (Å²) in [5.74, 6) is 2.28. The molecule has 0 aliphatic heterocycles. The number of methoxy groups -OCH3 is 1. The quantitative estimate of drug-likeness (QED) is 0.611. The number of rotatable bonds is 7. The lowest BCUT2D eigenvalue weighted by atomic mass is 10.2. The highest BCUT2D eigenvalue weighted by molar-refractivity contribution is 7.98. The van der Waals surface area contributed by atoms with E-state index in [1.165, 1.54) is 7.11 Å². The van der Waals surface area contributed by atoms with E-state index in [0.717, 1.165) is 12.2 Å². The third kappa shape index (κ3) is 4.52. The molecular weight excluding hydrogens is 256 g/mol. The molecule has 0 radical (unpaired) electrons. The Bertz CT molecular complexity index is 380. The molecule has 0 amide bonds. The van der Waals surface area contributed by atoms with Gasteiger partial charge in [-0.2, -0.15) is 11.8 Å². The standard InChI is InChI=1S/C12H16O3S2/c1-14-11-8-9(15-6-3-7-17-2)4-5-10(11)12(13)16/h4-5,8H,3,6-7H2,1-2H3,(H,13,16). The van der Waals surface area contributed by atoms with Crippen LogP contribution in [0.2, 0.25) is 0 Å². The zero-order valence-corrected chi connectivity index (χ0v) is 11.6. The molecule has 1 rings (SSSR count). The van der Waals surface area contributed by atoms with E-state index < -0.39 is 0 Å². The first kappa shape index (κ1) is 14.3. The molecule has 1 aromatic rings. The van der Waals surface area contributed by atoms with E-state index in [-0.39, 0.29) is 5.12 Å². The third-order valence-corrected chi connectivity index (χ3v) is 3.10. The van der Waals surface area contributed by atoms with Crippen molar-refractivity contribution in [3.63, 3.8) is 0 Å². The van der Waals surface area contributed by atoms with Gasteiger partial charge in [-0.25, -0.2) is 0 Å². The Morgan fingerprint density at radius 1 is 1.47 bits per heavy atom. The van der Waals surface area contributed by atoms with Gasteiger partial charge in [-0.1, -0.05) is 0 Å². The van der Waals surface area contributed by atoms with E-state index in [1.54, 1.807) is 30.0 Å². The van der Waals surface area contributed by atoms with Gasteiger partial charge in [-0.15, -0.1) is 12.6 Å². The number of carbonyl (C=O) groups is 1. The zero-order valence-electron chi connectivity index (χ0n) is 9.93. The maximum atomic E-state index is 11.2. The van der Waals surface area contributed by atoms with Crippen molar-refractivity contribution < 1.29 is 14.3 Å². The molecule has 0 bridgehead atoms. The van der Waals surface area contributed by atoms with Crippen LogP contribution in [0.5, 0.6) is 11.5 Å². The number of hydrogen-bond acceptors (Lipinski definition) is 4. The van der Waals surface area contributed by atoms with Gasteiger partial charge < -0.3 is 9.47 Å². The largest absolute Gasteiger partial charge is 0.496 e. The minimum Gasteiger partial charge on any atom is -0.496 e. The maximum absolute atomic E-state index is 11.2. The molecule has 94 valence electrons. The molecule has 0 atom stereocenters. The van der Waals surface area contributed by atoms with Gasteiger partial charge in [0.15, 0.2) is 0 Å². The fourth-order valence-electron chi connectivity index (χ4n) is 1.33. The summed E-state index contributed by atoms with van der Waals surface area (Å²) in [7, 11) is 1.52. The SMILES string of the molecule is COc1cc(OCCCSC)ccc1C(=O)S. The highest BCUT2D eigenvalue weighted by Crippen LogP contribution is 2.26. The lowest BCUT2D eigenvalue weighted by Crippen LogP contribution is -2.00. The average molecular weight is 272 g/mol. The van der Waals surface area contributed by atoms with Crippen LogP contribution in [0.1, 0.15) is 16.8 Å². The van der Waals surface area contributed by atoms with Gasteiger partial charge in [0.2, 0.25) is 5.12 Å². The summed E-state index contributed by atoms with van der Waals surface area (Å²) in [5.41, 5.74) is 0.451. The number of thiol groups is 1. The molecule has 3 nitrogen and oxygen atoms in total. The van der Waals surface area contributed by atoms with Crippen molar-refractivity contribution in [2.24, 2.45) is 0 Å². The van der Waals surface area contributed by atoms with E-state index in [9.17, 15) is 4.79 Å². The number of ether oxygens (including phenoxy) is 2. The van der Waals surface area contributed by atoms with Crippen LogP contribution in [0.15, 0.2) is 18.2 Å². The van der Waals surface area contributed by atoms with Crippen LogP contribution in [0.25, 0.3) is 0 Å². The van der Waals surface area contributed by atoms with Crippen molar-refractivity contribution in [2.45, 2.75) is 6.42 Å². The lowest BCUT2D eigenvalue weighted by molar-refractivity contribution is 0.108. The van der Waals surface area contributed by atoms with Gasteiger partial charge >= 0.3 is 0 Å². The van der Waals surface area contributed by atoms with E-state index in [0.29, 0.717) is 23.7 Å². The Morgan fingerprint density at radius 2 is 2.24 bits per heavy atom. The van der Waals surface area contributed by atoms with E-state index in [4.69, 9.17) is 9.47 Å². The van der Waals surface area contributed by atoms with E-state index in [1.807, 2.05) is 0 Å². The molecule has 17 heavy (non-hydrogen) atoms. The second kappa shape index (κ2) is 7.50. The van der Waals surface area contributed by atoms with E-state index >= 15 is 0 Å². The Kier molecular flexibility index (Phi) is 6.29. The van der Waals surface area contributed by atoms with Gasteiger partial charge in [0, 0.05) is 6.07 Å². The molecule has 0 heterocycles. The molecule has 0 aliphatic carbocycles. The molecule has 5 heteroatoms. The van der Waals surface area contributed by atoms with Gasteiger partial charge in [0.25, 0.3) is 0 Å². The summed E-state index contributed by atoms with van der Waals surface area (Å²) in [6.45, 7) is 0.665. The normalized spacial score (nSPS) is 10.1. The molecule has 0 saturated heterocycles. The summed E-state index contributed by atoms with van der Waals surface area (Å²) in [5, 5.41) is -0.309. The van der Waals surface area contributed by atoms with Crippen molar-refractivity contribution in [2.75, 3.05) is 25.7 Å². The summed E-state index contributed by atoms with van der Waals surface area (Å²) >= 11 is 5.57. The molecule has 0 N–H and O–H groups in total.